The van der Waals surface area contributed by atoms with Gasteiger partial charge in [-0.3, -0.25) is 9.59 Å². The Balaban J connectivity index is 2.04. The van der Waals surface area contributed by atoms with Crippen molar-refractivity contribution in [3.63, 3.8) is 0 Å². The monoisotopic (exact) mass is 358 g/mol. The van der Waals surface area contributed by atoms with Gasteiger partial charge in [0.2, 0.25) is 0 Å². The third kappa shape index (κ3) is 4.66. The molecule has 0 radical (unpaired) electrons. The number of benzene rings is 2. The van der Waals surface area contributed by atoms with E-state index in [1.165, 1.54) is 19.2 Å². The van der Waals surface area contributed by atoms with E-state index in [0.717, 1.165) is 5.56 Å². The summed E-state index contributed by atoms with van der Waals surface area (Å²) in [5.41, 5.74) is 6.35. The SMILES string of the molecule is COc1ccc(C(N)=O)c(OCC(=O)N[C@H](C)c2ccccc2OC)c1. The summed E-state index contributed by atoms with van der Waals surface area (Å²) in [5.74, 6) is 0.377. The van der Waals surface area contributed by atoms with Crippen LogP contribution in [0.1, 0.15) is 28.9 Å². The van der Waals surface area contributed by atoms with Crippen LogP contribution in [-0.4, -0.2) is 32.6 Å². The molecule has 138 valence electrons. The van der Waals surface area contributed by atoms with Crippen molar-refractivity contribution in [2.24, 2.45) is 5.73 Å². The maximum atomic E-state index is 12.2. The number of methoxy groups -OCH3 is 2. The first-order valence-corrected chi connectivity index (χ1v) is 7.99. The molecule has 26 heavy (non-hydrogen) atoms. The Bertz CT molecular complexity index is 791. The van der Waals surface area contributed by atoms with Crippen molar-refractivity contribution in [3.8, 4) is 17.2 Å². The van der Waals surface area contributed by atoms with Gasteiger partial charge in [0, 0.05) is 11.6 Å². The summed E-state index contributed by atoms with van der Waals surface area (Å²) in [6.45, 7) is 1.57. The van der Waals surface area contributed by atoms with Crippen LogP contribution < -0.4 is 25.3 Å². The number of nitrogens with one attached hydrogen (secondary N) is 1. The lowest BCUT2D eigenvalue weighted by Crippen LogP contribution is -2.31. The Morgan fingerprint density at radius 2 is 1.81 bits per heavy atom. The molecule has 0 aliphatic heterocycles. The summed E-state index contributed by atoms with van der Waals surface area (Å²) in [7, 11) is 3.06. The predicted molar refractivity (Wildman–Crippen MR) is 96.6 cm³/mol. The molecule has 0 spiro atoms. The highest BCUT2D eigenvalue weighted by molar-refractivity contribution is 5.96. The van der Waals surface area contributed by atoms with Crippen LogP contribution in [-0.2, 0) is 4.79 Å². The lowest BCUT2D eigenvalue weighted by Gasteiger charge is -2.18. The summed E-state index contributed by atoms with van der Waals surface area (Å²) >= 11 is 0. The third-order valence-electron chi connectivity index (χ3n) is 3.80. The van der Waals surface area contributed by atoms with Gasteiger partial charge in [-0.05, 0) is 25.1 Å². The fourth-order valence-electron chi connectivity index (χ4n) is 2.48. The Morgan fingerprint density at radius 1 is 1.08 bits per heavy atom. The molecule has 0 aromatic heterocycles. The Hall–Kier alpha value is -3.22. The maximum absolute atomic E-state index is 12.2. The summed E-state index contributed by atoms with van der Waals surface area (Å²) in [4.78, 5) is 23.7. The third-order valence-corrected chi connectivity index (χ3v) is 3.80. The Morgan fingerprint density at radius 3 is 2.46 bits per heavy atom. The quantitative estimate of drug-likeness (QED) is 0.752. The van der Waals surface area contributed by atoms with E-state index in [-0.39, 0.29) is 29.9 Å². The highest BCUT2D eigenvalue weighted by Crippen LogP contribution is 2.25. The van der Waals surface area contributed by atoms with Gasteiger partial charge in [-0.15, -0.1) is 0 Å². The second kappa shape index (κ2) is 8.75. The molecule has 0 aliphatic rings. The van der Waals surface area contributed by atoms with Crippen LogP contribution in [0.4, 0.5) is 0 Å². The average Bonchev–Trinajstić information content (AvgIpc) is 2.65. The van der Waals surface area contributed by atoms with Crippen LogP contribution in [0.3, 0.4) is 0 Å². The molecule has 0 unspecified atom stereocenters. The number of nitrogens with two attached hydrogens (primary N) is 1. The fourth-order valence-corrected chi connectivity index (χ4v) is 2.48. The second-order valence-corrected chi connectivity index (χ2v) is 5.55. The van der Waals surface area contributed by atoms with E-state index in [0.29, 0.717) is 11.5 Å². The van der Waals surface area contributed by atoms with Crippen molar-refractivity contribution in [1.82, 2.24) is 5.32 Å². The zero-order valence-electron chi connectivity index (χ0n) is 14.9. The molecule has 7 heteroatoms. The zero-order chi connectivity index (χ0) is 19.1. The smallest absolute Gasteiger partial charge is 0.258 e. The molecule has 0 bridgehead atoms. The van der Waals surface area contributed by atoms with Gasteiger partial charge in [0.15, 0.2) is 6.61 Å². The molecule has 2 amide bonds. The van der Waals surface area contributed by atoms with E-state index in [4.69, 9.17) is 19.9 Å². The average molecular weight is 358 g/mol. The molecule has 2 aromatic carbocycles. The Labute approximate surface area is 152 Å². The molecule has 0 saturated heterocycles. The molecule has 0 aliphatic carbocycles. The van der Waals surface area contributed by atoms with Crippen LogP contribution in [0.2, 0.25) is 0 Å². The molecule has 0 heterocycles. The highest BCUT2D eigenvalue weighted by Gasteiger charge is 2.16. The first kappa shape index (κ1) is 19.1. The van der Waals surface area contributed by atoms with Gasteiger partial charge in [-0.1, -0.05) is 18.2 Å². The number of hydrogen-bond donors (Lipinski definition) is 2. The van der Waals surface area contributed by atoms with Gasteiger partial charge in [0.05, 0.1) is 25.8 Å². The van der Waals surface area contributed by atoms with Gasteiger partial charge < -0.3 is 25.3 Å². The van der Waals surface area contributed by atoms with E-state index in [1.54, 1.807) is 13.2 Å². The largest absolute Gasteiger partial charge is 0.497 e. The molecule has 7 nitrogen and oxygen atoms in total. The van der Waals surface area contributed by atoms with E-state index in [9.17, 15) is 9.59 Å². The molecule has 0 fully saturated rings. The standard InChI is InChI=1S/C19H22N2O5/c1-12(14-6-4-5-7-16(14)25-3)21-18(22)11-26-17-10-13(24-2)8-9-15(17)19(20)23/h4-10,12H,11H2,1-3H3,(H2,20,23)(H,21,22)/t12-/m1/s1. The number of ether oxygens (including phenoxy) is 3. The van der Waals surface area contributed by atoms with E-state index >= 15 is 0 Å². The van der Waals surface area contributed by atoms with Gasteiger partial charge in [-0.2, -0.15) is 0 Å². The van der Waals surface area contributed by atoms with Crippen LogP contribution in [0, 0.1) is 0 Å². The van der Waals surface area contributed by atoms with Crippen molar-refractivity contribution in [3.05, 3.63) is 53.6 Å². The minimum absolute atomic E-state index is 0.177. The van der Waals surface area contributed by atoms with Gasteiger partial charge in [-0.25, -0.2) is 0 Å². The van der Waals surface area contributed by atoms with Crippen LogP contribution >= 0.6 is 0 Å². The highest BCUT2D eigenvalue weighted by atomic mass is 16.5. The number of carbonyl (C=O) groups is 2. The summed E-state index contributed by atoms with van der Waals surface area (Å²) in [6, 6.07) is 11.7. The van der Waals surface area contributed by atoms with Crippen LogP contribution in [0.15, 0.2) is 42.5 Å². The van der Waals surface area contributed by atoms with Gasteiger partial charge in [0.1, 0.15) is 17.2 Å². The second-order valence-electron chi connectivity index (χ2n) is 5.55. The van der Waals surface area contributed by atoms with Crippen LogP contribution in [0.5, 0.6) is 17.2 Å². The molecular formula is C19H22N2O5. The van der Waals surface area contributed by atoms with Crippen molar-refractivity contribution >= 4 is 11.8 Å². The lowest BCUT2D eigenvalue weighted by atomic mass is 10.1. The van der Waals surface area contributed by atoms with Gasteiger partial charge in [0.25, 0.3) is 11.8 Å². The number of carbonyl (C=O) groups excluding carboxylic acids is 2. The van der Waals surface area contributed by atoms with Crippen molar-refractivity contribution in [2.45, 2.75) is 13.0 Å². The summed E-state index contributed by atoms with van der Waals surface area (Å²) in [6.07, 6.45) is 0. The Kier molecular flexibility index (Phi) is 6.43. The summed E-state index contributed by atoms with van der Waals surface area (Å²) in [5, 5.41) is 2.83. The molecule has 1 atom stereocenters. The van der Waals surface area contributed by atoms with Crippen LogP contribution in [0.25, 0.3) is 0 Å². The number of para-hydroxylation sites is 1. The summed E-state index contributed by atoms with van der Waals surface area (Å²) < 4.78 is 15.9. The number of hydrogen-bond acceptors (Lipinski definition) is 5. The van der Waals surface area contributed by atoms with Crippen molar-refractivity contribution in [2.75, 3.05) is 20.8 Å². The number of primary amides is 1. The minimum atomic E-state index is -0.648. The first-order chi connectivity index (χ1) is 12.5. The van der Waals surface area contributed by atoms with Gasteiger partial charge >= 0.3 is 0 Å². The van der Waals surface area contributed by atoms with Crippen molar-refractivity contribution < 1.29 is 23.8 Å². The zero-order valence-corrected chi connectivity index (χ0v) is 14.9. The fraction of sp³-hybridized carbons (Fsp3) is 0.263. The normalized spacial score (nSPS) is 11.3. The number of amides is 2. The van der Waals surface area contributed by atoms with Crippen molar-refractivity contribution in [1.29, 1.82) is 0 Å². The molecule has 0 saturated carbocycles. The topological polar surface area (TPSA) is 99.9 Å². The molecule has 2 aromatic rings. The number of rotatable bonds is 8. The van der Waals surface area contributed by atoms with E-state index < -0.39 is 5.91 Å². The first-order valence-electron chi connectivity index (χ1n) is 7.99. The maximum Gasteiger partial charge on any atom is 0.258 e. The predicted octanol–water partition coefficient (Wildman–Crippen LogP) is 2.06. The molecule has 3 N–H and O–H groups in total. The minimum Gasteiger partial charge on any atom is -0.497 e. The molecule has 2 rings (SSSR count). The lowest BCUT2D eigenvalue weighted by molar-refractivity contribution is -0.123. The molecular weight excluding hydrogens is 336 g/mol. The van der Waals surface area contributed by atoms with E-state index in [2.05, 4.69) is 5.32 Å². The van der Waals surface area contributed by atoms with E-state index in [1.807, 2.05) is 31.2 Å².